The molecule has 0 aliphatic carbocycles. The second-order valence-corrected chi connectivity index (χ2v) is 3.26. The molecule has 15 heavy (non-hydrogen) atoms. The number of anilines is 1. The fourth-order valence-corrected chi connectivity index (χ4v) is 1.48. The minimum Gasteiger partial charge on any atom is -0.367 e. The van der Waals surface area contributed by atoms with Crippen molar-refractivity contribution < 1.29 is 0 Å². The summed E-state index contributed by atoms with van der Waals surface area (Å²) in [4.78, 5) is 3.93. The van der Waals surface area contributed by atoms with E-state index in [0.717, 1.165) is 16.8 Å². The maximum atomic E-state index is 5.54. The average Bonchev–Trinajstić information content (AvgIpc) is 2.60. The van der Waals surface area contributed by atoms with Crippen LogP contribution < -0.4 is 5.73 Å². The van der Waals surface area contributed by atoms with Crippen LogP contribution in [-0.4, -0.2) is 14.6 Å². The van der Waals surface area contributed by atoms with Crippen LogP contribution in [-0.2, 0) is 0 Å². The van der Waals surface area contributed by atoms with Gasteiger partial charge in [-0.15, -0.1) is 5.10 Å². The molecule has 2 heterocycles. The highest BCUT2D eigenvalue weighted by Crippen LogP contribution is 2.16. The van der Waals surface area contributed by atoms with E-state index in [-0.39, 0.29) is 5.95 Å². The molecule has 0 radical (unpaired) electrons. The normalized spacial score (nSPS) is 11.9. The first kappa shape index (κ1) is 9.45. The lowest BCUT2D eigenvalue weighted by molar-refractivity contribution is 0.903. The van der Waals surface area contributed by atoms with Crippen molar-refractivity contribution >= 4 is 17.0 Å². The zero-order valence-electron chi connectivity index (χ0n) is 8.51. The van der Waals surface area contributed by atoms with E-state index in [1.165, 1.54) is 0 Å². The van der Waals surface area contributed by atoms with E-state index in [2.05, 4.69) is 16.7 Å². The van der Waals surface area contributed by atoms with E-state index in [4.69, 9.17) is 5.73 Å². The highest BCUT2D eigenvalue weighted by atomic mass is 15.3. The lowest BCUT2D eigenvalue weighted by Crippen LogP contribution is -2.02. The van der Waals surface area contributed by atoms with Crippen molar-refractivity contribution in [2.45, 2.75) is 6.92 Å². The van der Waals surface area contributed by atoms with Crippen LogP contribution in [0.2, 0.25) is 0 Å². The molecule has 4 heteroatoms. The van der Waals surface area contributed by atoms with Crippen LogP contribution in [0.4, 0.5) is 5.95 Å². The Hall–Kier alpha value is -2.10. The van der Waals surface area contributed by atoms with Crippen molar-refractivity contribution in [3.8, 4) is 0 Å². The zero-order valence-corrected chi connectivity index (χ0v) is 8.51. The Morgan fingerprint density at radius 3 is 3.07 bits per heavy atom. The molecular formula is C11H12N4. The molecule has 0 aliphatic rings. The molecule has 0 bridgehead atoms. The van der Waals surface area contributed by atoms with Crippen molar-refractivity contribution in [1.82, 2.24) is 14.6 Å². The number of rotatable bonds is 2. The van der Waals surface area contributed by atoms with Gasteiger partial charge in [0.05, 0.1) is 17.4 Å². The number of nitrogen functional groups attached to an aromatic ring is 1. The van der Waals surface area contributed by atoms with Crippen LogP contribution in [0, 0.1) is 0 Å². The standard InChI is InChI=1S/C11H12N4/c1-3-4-8(2)10-6-5-9-7-13-11(12)14-15(9)10/h3-7H,1H2,2H3,(H2,12,14)/b8-4+. The van der Waals surface area contributed by atoms with Crippen LogP contribution in [0.5, 0.6) is 0 Å². The number of fused-ring (bicyclic) bond motifs is 1. The minimum atomic E-state index is 0.270. The third-order valence-electron chi connectivity index (χ3n) is 2.19. The van der Waals surface area contributed by atoms with Crippen LogP contribution >= 0.6 is 0 Å². The smallest absolute Gasteiger partial charge is 0.238 e. The predicted molar refractivity (Wildman–Crippen MR) is 61.2 cm³/mol. The van der Waals surface area contributed by atoms with Gasteiger partial charge in [-0.1, -0.05) is 18.7 Å². The summed E-state index contributed by atoms with van der Waals surface area (Å²) >= 11 is 0. The van der Waals surface area contributed by atoms with Gasteiger partial charge in [0.25, 0.3) is 0 Å². The largest absolute Gasteiger partial charge is 0.367 e. The summed E-state index contributed by atoms with van der Waals surface area (Å²) in [6.45, 7) is 5.67. The molecule has 0 saturated heterocycles. The van der Waals surface area contributed by atoms with Crippen LogP contribution in [0.1, 0.15) is 12.6 Å². The quantitative estimate of drug-likeness (QED) is 0.753. The molecule has 0 aromatic carbocycles. The summed E-state index contributed by atoms with van der Waals surface area (Å²) in [5.74, 6) is 0.270. The predicted octanol–water partition coefficient (Wildman–Crippen LogP) is 1.90. The number of hydrogen-bond donors (Lipinski definition) is 1. The first-order chi connectivity index (χ1) is 7.22. The van der Waals surface area contributed by atoms with Crippen molar-refractivity contribution in [2.75, 3.05) is 5.73 Å². The summed E-state index contributed by atoms with van der Waals surface area (Å²) in [6.07, 6.45) is 5.38. The molecule has 2 N–H and O–H groups in total. The lowest BCUT2D eigenvalue weighted by Gasteiger charge is -2.01. The first-order valence-corrected chi connectivity index (χ1v) is 4.62. The van der Waals surface area contributed by atoms with Gasteiger partial charge >= 0.3 is 0 Å². The summed E-state index contributed by atoms with van der Waals surface area (Å²) < 4.78 is 1.78. The van der Waals surface area contributed by atoms with E-state index < -0.39 is 0 Å². The topological polar surface area (TPSA) is 56.2 Å². The van der Waals surface area contributed by atoms with Gasteiger partial charge < -0.3 is 5.73 Å². The maximum absolute atomic E-state index is 5.54. The van der Waals surface area contributed by atoms with Crippen LogP contribution in [0.25, 0.3) is 11.1 Å². The van der Waals surface area contributed by atoms with Crippen molar-refractivity contribution in [1.29, 1.82) is 0 Å². The minimum absolute atomic E-state index is 0.270. The molecule has 0 spiro atoms. The van der Waals surface area contributed by atoms with Gasteiger partial charge in [0.1, 0.15) is 0 Å². The number of nitrogens with two attached hydrogens (primary N) is 1. The van der Waals surface area contributed by atoms with Crippen LogP contribution in [0.15, 0.2) is 37.1 Å². The molecule has 4 nitrogen and oxygen atoms in total. The molecule has 2 rings (SSSR count). The summed E-state index contributed by atoms with van der Waals surface area (Å²) in [7, 11) is 0. The molecule has 0 amide bonds. The number of aromatic nitrogens is 3. The first-order valence-electron chi connectivity index (χ1n) is 4.62. The number of hydrogen-bond acceptors (Lipinski definition) is 3. The third kappa shape index (κ3) is 1.61. The highest BCUT2D eigenvalue weighted by Gasteiger charge is 2.04. The fraction of sp³-hybridized carbons (Fsp3) is 0.0909. The Labute approximate surface area is 87.7 Å². The third-order valence-corrected chi connectivity index (χ3v) is 2.19. The molecule has 0 aliphatic heterocycles. The van der Waals surface area contributed by atoms with Gasteiger partial charge in [-0.3, -0.25) is 0 Å². The van der Waals surface area contributed by atoms with E-state index in [9.17, 15) is 0 Å². The van der Waals surface area contributed by atoms with Gasteiger partial charge in [0.2, 0.25) is 5.95 Å². The van der Waals surface area contributed by atoms with Gasteiger partial charge in [-0.2, -0.15) is 0 Å². The molecule has 2 aromatic heterocycles. The Morgan fingerprint density at radius 1 is 1.53 bits per heavy atom. The molecule has 0 fully saturated rings. The summed E-state index contributed by atoms with van der Waals surface area (Å²) in [5, 5.41) is 4.15. The van der Waals surface area contributed by atoms with Crippen molar-refractivity contribution in [3.63, 3.8) is 0 Å². The zero-order chi connectivity index (χ0) is 10.8. The second-order valence-electron chi connectivity index (χ2n) is 3.26. The molecule has 0 atom stereocenters. The summed E-state index contributed by atoms with van der Waals surface area (Å²) in [5.41, 5.74) is 8.56. The van der Waals surface area contributed by atoms with Gasteiger partial charge in [0.15, 0.2) is 0 Å². The van der Waals surface area contributed by atoms with E-state index in [1.54, 1.807) is 16.8 Å². The maximum Gasteiger partial charge on any atom is 0.238 e. The Bertz CT molecular complexity index is 537. The SMILES string of the molecule is C=C/C=C(\C)c1ccc2cnc(N)nn12. The van der Waals surface area contributed by atoms with E-state index >= 15 is 0 Å². The molecule has 76 valence electrons. The molecule has 2 aromatic rings. The Morgan fingerprint density at radius 2 is 2.33 bits per heavy atom. The van der Waals surface area contributed by atoms with Gasteiger partial charge in [-0.25, -0.2) is 9.50 Å². The van der Waals surface area contributed by atoms with E-state index in [1.807, 2.05) is 25.1 Å². The lowest BCUT2D eigenvalue weighted by atomic mass is 10.2. The number of nitrogens with zero attached hydrogens (tertiary/aromatic N) is 3. The van der Waals surface area contributed by atoms with Gasteiger partial charge in [0, 0.05) is 0 Å². The highest BCUT2D eigenvalue weighted by molar-refractivity contribution is 5.67. The Balaban J connectivity index is 2.66. The monoisotopic (exact) mass is 200 g/mol. The van der Waals surface area contributed by atoms with E-state index in [0.29, 0.717) is 0 Å². The second kappa shape index (κ2) is 3.57. The van der Waals surface area contributed by atoms with Crippen LogP contribution in [0.3, 0.4) is 0 Å². The van der Waals surface area contributed by atoms with Crippen molar-refractivity contribution in [3.05, 3.63) is 42.8 Å². The fourth-order valence-electron chi connectivity index (χ4n) is 1.48. The number of allylic oxidation sites excluding steroid dienone is 3. The molecular weight excluding hydrogens is 188 g/mol. The average molecular weight is 200 g/mol. The van der Waals surface area contributed by atoms with Gasteiger partial charge in [-0.05, 0) is 24.6 Å². The Kier molecular flexibility index (Phi) is 2.25. The molecule has 0 saturated carbocycles. The molecule has 0 unspecified atom stereocenters. The van der Waals surface area contributed by atoms with Crippen molar-refractivity contribution in [2.24, 2.45) is 0 Å². The summed E-state index contributed by atoms with van der Waals surface area (Å²) in [6, 6.07) is 3.94.